The predicted octanol–water partition coefficient (Wildman–Crippen LogP) is 1.85. The maximum absolute atomic E-state index is 5.66. The zero-order chi connectivity index (χ0) is 19.0. The Morgan fingerprint density at radius 3 is 2.44 bits per heavy atom. The summed E-state index contributed by atoms with van der Waals surface area (Å²) in [4.78, 5) is 25.0. The molecule has 0 saturated carbocycles. The van der Waals surface area contributed by atoms with Gasteiger partial charge in [0.15, 0.2) is 5.65 Å². The molecule has 0 spiro atoms. The molecule has 4 rings (SSSR count). The number of aryl methyl sites for hydroxylation is 1. The van der Waals surface area contributed by atoms with Gasteiger partial charge in [0.2, 0.25) is 11.9 Å². The quantitative estimate of drug-likeness (QED) is 0.743. The van der Waals surface area contributed by atoms with Gasteiger partial charge in [-0.05, 0) is 13.8 Å². The van der Waals surface area contributed by atoms with Crippen molar-refractivity contribution in [2.75, 3.05) is 36.9 Å². The van der Waals surface area contributed by atoms with Gasteiger partial charge < -0.3 is 19.9 Å². The van der Waals surface area contributed by atoms with Crippen LogP contribution in [0.1, 0.15) is 32.6 Å². The Morgan fingerprint density at radius 2 is 1.81 bits per heavy atom. The first-order valence-corrected chi connectivity index (χ1v) is 9.28. The molecule has 142 valence electrons. The van der Waals surface area contributed by atoms with E-state index in [1.165, 1.54) is 0 Å². The topological polar surface area (TPSA) is 108 Å². The zero-order valence-electron chi connectivity index (χ0n) is 15.9. The SMILES string of the molecule is CCc1nc2c(-c3cnc(N)nc3)nc(N3CCOCC3)nc2n1C(C)C. The lowest BCUT2D eigenvalue weighted by molar-refractivity contribution is 0.122. The van der Waals surface area contributed by atoms with Crippen molar-refractivity contribution in [1.29, 1.82) is 0 Å². The average Bonchev–Trinajstić information content (AvgIpc) is 3.07. The molecular formula is C18H24N8O. The molecule has 3 aromatic heterocycles. The molecule has 1 aliphatic rings. The highest BCUT2D eigenvalue weighted by atomic mass is 16.5. The number of rotatable bonds is 4. The minimum absolute atomic E-state index is 0.236. The molecule has 3 aromatic rings. The Balaban J connectivity index is 1.97. The van der Waals surface area contributed by atoms with E-state index >= 15 is 0 Å². The van der Waals surface area contributed by atoms with Crippen LogP contribution in [0.25, 0.3) is 22.4 Å². The van der Waals surface area contributed by atoms with Gasteiger partial charge in [-0.25, -0.2) is 19.9 Å². The van der Waals surface area contributed by atoms with E-state index in [1.807, 2.05) is 0 Å². The number of morpholine rings is 1. The normalized spacial score (nSPS) is 15.0. The summed E-state index contributed by atoms with van der Waals surface area (Å²) in [7, 11) is 0. The Kier molecular flexibility index (Phi) is 4.61. The average molecular weight is 368 g/mol. The monoisotopic (exact) mass is 368 g/mol. The van der Waals surface area contributed by atoms with E-state index in [4.69, 9.17) is 25.4 Å². The van der Waals surface area contributed by atoms with Gasteiger partial charge in [0, 0.05) is 43.5 Å². The summed E-state index contributed by atoms with van der Waals surface area (Å²) in [5.41, 5.74) is 8.78. The van der Waals surface area contributed by atoms with E-state index in [0.717, 1.165) is 47.8 Å². The summed E-state index contributed by atoms with van der Waals surface area (Å²) in [5.74, 6) is 1.91. The lowest BCUT2D eigenvalue weighted by Gasteiger charge is -2.27. The van der Waals surface area contributed by atoms with Crippen molar-refractivity contribution in [2.24, 2.45) is 0 Å². The van der Waals surface area contributed by atoms with Crippen LogP contribution in [-0.4, -0.2) is 55.8 Å². The van der Waals surface area contributed by atoms with Crippen LogP contribution in [0.2, 0.25) is 0 Å². The first-order valence-electron chi connectivity index (χ1n) is 9.28. The van der Waals surface area contributed by atoms with Crippen molar-refractivity contribution in [2.45, 2.75) is 33.2 Å². The van der Waals surface area contributed by atoms with Crippen LogP contribution in [0.5, 0.6) is 0 Å². The second-order valence-corrected chi connectivity index (χ2v) is 6.82. The third-order valence-corrected chi connectivity index (χ3v) is 4.67. The second kappa shape index (κ2) is 7.07. The Hall–Kier alpha value is -2.81. The van der Waals surface area contributed by atoms with Crippen LogP contribution in [0.3, 0.4) is 0 Å². The van der Waals surface area contributed by atoms with Crippen molar-refractivity contribution >= 4 is 23.1 Å². The first-order chi connectivity index (χ1) is 13.1. The predicted molar refractivity (Wildman–Crippen MR) is 104 cm³/mol. The molecule has 1 aliphatic heterocycles. The highest BCUT2D eigenvalue weighted by Gasteiger charge is 2.23. The molecule has 1 saturated heterocycles. The number of nitrogens with two attached hydrogens (primary N) is 1. The standard InChI is InChI=1S/C18H24N8O/c1-4-13-22-15-14(12-9-20-17(19)21-10-12)23-18(25-5-7-27-8-6-25)24-16(15)26(13)11(2)3/h9-11H,4-8H2,1-3H3,(H2,19,20,21). The third-order valence-electron chi connectivity index (χ3n) is 4.67. The minimum atomic E-state index is 0.236. The van der Waals surface area contributed by atoms with Crippen LogP contribution in [0.4, 0.5) is 11.9 Å². The number of ether oxygens (including phenoxy) is 1. The van der Waals surface area contributed by atoms with Crippen LogP contribution in [-0.2, 0) is 11.2 Å². The number of imidazole rings is 1. The van der Waals surface area contributed by atoms with Crippen LogP contribution < -0.4 is 10.6 Å². The number of nitrogens with zero attached hydrogens (tertiary/aromatic N) is 7. The second-order valence-electron chi connectivity index (χ2n) is 6.82. The van der Waals surface area contributed by atoms with Crippen LogP contribution in [0, 0.1) is 0 Å². The van der Waals surface area contributed by atoms with E-state index < -0.39 is 0 Å². The summed E-state index contributed by atoms with van der Waals surface area (Å²) in [5, 5.41) is 0. The summed E-state index contributed by atoms with van der Waals surface area (Å²) < 4.78 is 7.65. The van der Waals surface area contributed by atoms with Gasteiger partial charge in [0.25, 0.3) is 0 Å². The van der Waals surface area contributed by atoms with Crippen molar-refractivity contribution < 1.29 is 4.74 Å². The number of hydrogen-bond acceptors (Lipinski definition) is 8. The fourth-order valence-electron chi connectivity index (χ4n) is 3.37. The molecule has 0 amide bonds. The number of nitrogen functional groups attached to an aromatic ring is 1. The van der Waals surface area contributed by atoms with Crippen molar-refractivity contribution in [3.05, 3.63) is 18.2 Å². The van der Waals surface area contributed by atoms with Gasteiger partial charge in [0.1, 0.15) is 17.0 Å². The number of hydrogen-bond donors (Lipinski definition) is 1. The Morgan fingerprint density at radius 1 is 1.11 bits per heavy atom. The molecule has 27 heavy (non-hydrogen) atoms. The van der Waals surface area contributed by atoms with Crippen molar-refractivity contribution in [3.8, 4) is 11.3 Å². The molecule has 0 unspecified atom stereocenters. The molecule has 0 radical (unpaired) electrons. The third kappa shape index (κ3) is 3.18. The molecule has 0 bridgehead atoms. The molecule has 9 heteroatoms. The summed E-state index contributed by atoms with van der Waals surface area (Å²) in [6, 6.07) is 0.243. The first kappa shape index (κ1) is 17.6. The maximum atomic E-state index is 5.66. The summed E-state index contributed by atoms with van der Waals surface area (Å²) >= 11 is 0. The lowest BCUT2D eigenvalue weighted by Crippen LogP contribution is -2.37. The minimum Gasteiger partial charge on any atom is -0.378 e. The van der Waals surface area contributed by atoms with Crippen LogP contribution in [0.15, 0.2) is 12.4 Å². The van der Waals surface area contributed by atoms with E-state index in [0.29, 0.717) is 19.2 Å². The van der Waals surface area contributed by atoms with Gasteiger partial charge in [-0.15, -0.1) is 0 Å². The fourth-order valence-corrected chi connectivity index (χ4v) is 3.37. The molecule has 1 fully saturated rings. The maximum Gasteiger partial charge on any atom is 0.228 e. The van der Waals surface area contributed by atoms with Gasteiger partial charge >= 0.3 is 0 Å². The number of anilines is 2. The molecule has 4 heterocycles. The molecule has 0 aromatic carbocycles. The Bertz CT molecular complexity index is 944. The Labute approximate surface area is 157 Å². The van der Waals surface area contributed by atoms with Crippen LogP contribution >= 0.6 is 0 Å². The van der Waals surface area contributed by atoms with Gasteiger partial charge in [-0.3, -0.25) is 0 Å². The van der Waals surface area contributed by atoms with E-state index in [2.05, 4.69) is 40.2 Å². The van der Waals surface area contributed by atoms with Crippen molar-refractivity contribution in [1.82, 2.24) is 29.5 Å². The molecule has 0 atom stereocenters. The van der Waals surface area contributed by atoms with Gasteiger partial charge in [0.05, 0.1) is 13.2 Å². The smallest absolute Gasteiger partial charge is 0.228 e. The molecule has 2 N–H and O–H groups in total. The number of aromatic nitrogens is 6. The fraction of sp³-hybridized carbons (Fsp3) is 0.500. The lowest BCUT2D eigenvalue weighted by atomic mass is 10.2. The molecule has 9 nitrogen and oxygen atoms in total. The highest BCUT2D eigenvalue weighted by Crippen LogP contribution is 2.30. The van der Waals surface area contributed by atoms with E-state index in [1.54, 1.807) is 12.4 Å². The zero-order valence-corrected chi connectivity index (χ0v) is 15.9. The van der Waals surface area contributed by atoms with Crippen molar-refractivity contribution in [3.63, 3.8) is 0 Å². The highest BCUT2D eigenvalue weighted by molar-refractivity contribution is 5.88. The summed E-state index contributed by atoms with van der Waals surface area (Å²) in [6.45, 7) is 9.25. The largest absolute Gasteiger partial charge is 0.378 e. The summed E-state index contributed by atoms with van der Waals surface area (Å²) in [6.07, 6.45) is 4.19. The molecular weight excluding hydrogens is 344 g/mol. The van der Waals surface area contributed by atoms with E-state index in [-0.39, 0.29) is 12.0 Å². The molecule has 0 aliphatic carbocycles. The number of fused-ring (bicyclic) bond motifs is 1. The van der Waals surface area contributed by atoms with Gasteiger partial charge in [-0.2, -0.15) is 4.98 Å². The van der Waals surface area contributed by atoms with Gasteiger partial charge in [-0.1, -0.05) is 6.92 Å². The van der Waals surface area contributed by atoms with E-state index in [9.17, 15) is 0 Å².